The van der Waals surface area contributed by atoms with Crippen LogP contribution in [0.3, 0.4) is 0 Å². The average molecular weight is 320 g/mol. The molecule has 5 nitrogen and oxygen atoms in total. The summed E-state index contributed by atoms with van der Waals surface area (Å²) in [7, 11) is 0. The van der Waals surface area contributed by atoms with Crippen LogP contribution in [0.5, 0.6) is 0 Å². The third-order valence-corrected chi connectivity index (χ3v) is 4.83. The van der Waals surface area contributed by atoms with E-state index in [1.807, 2.05) is 11.0 Å². The van der Waals surface area contributed by atoms with Crippen molar-refractivity contribution in [3.8, 4) is 12.3 Å². The van der Waals surface area contributed by atoms with Crippen molar-refractivity contribution < 1.29 is 0 Å². The summed E-state index contributed by atoms with van der Waals surface area (Å²) in [6.07, 6.45) is 6.31. The topological polar surface area (TPSA) is 41.4 Å². The predicted molar refractivity (Wildman–Crippen MR) is 93.8 cm³/mol. The molecule has 2 aliphatic rings. The summed E-state index contributed by atoms with van der Waals surface area (Å²) >= 11 is 0. The molecule has 1 aromatic heterocycles. The fourth-order valence-corrected chi connectivity index (χ4v) is 3.67. The van der Waals surface area contributed by atoms with Crippen molar-refractivity contribution >= 4 is 5.95 Å². The molecule has 0 aliphatic carbocycles. The molecule has 0 fully saturated rings. The Balaban J connectivity index is 1.62. The number of terminal acetylenes is 1. The van der Waals surface area contributed by atoms with Gasteiger partial charge in [0.15, 0.2) is 0 Å². The van der Waals surface area contributed by atoms with E-state index in [1.165, 1.54) is 5.56 Å². The number of rotatable bonds is 3. The van der Waals surface area contributed by atoms with E-state index in [0.29, 0.717) is 13.1 Å². The highest BCUT2D eigenvalue weighted by Gasteiger charge is 2.28. The van der Waals surface area contributed by atoms with E-state index in [4.69, 9.17) is 6.42 Å². The largest absolute Gasteiger partial charge is 0.329 e. The number of hydrogen-bond donors (Lipinski definition) is 0. The Hall–Kier alpha value is -2.58. The number of aromatic nitrogens is 2. The molecule has 0 bridgehead atoms. The third kappa shape index (κ3) is 2.59. The van der Waals surface area contributed by atoms with Crippen LogP contribution in [0.1, 0.15) is 16.8 Å². The Morgan fingerprint density at radius 1 is 1.17 bits per heavy atom. The van der Waals surface area contributed by atoms with Gasteiger partial charge in [-0.3, -0.25) is 9.69 Å². The number of benzene rings is 1. The minimum atomic E-state index is -0.0991. The molecule has 0 N–H and O–H groups in total. The van der Waals surface area contributed by atoms with E-state index < -0.39 is 0 Å². The monoisotopic (exact) mass is 320 g/mol. The van der Waals surface area contributed by atoms with Gasteiger partial charge < -0.3 is 9.47 Å². The first-order valence-corrected chi connectivity index (χ1v) is 8.33. The van der Waals surface area contributed by atoms with Gasteiger partial charge in [-0.1, -0.05) is 36.3 Å². The van der Waals surface area contributed by atoms with Crippen LogP contribution in [0.15, 0.2) is 35.1 Å². The molecule has 24 heavy (non-hydrogen) atoms. The van der Waals surface area contributed by atoms with Gasteiger partial charge >= 0.3 is 0 Å². The van der Waals surface area contributed by atoms with Gasteiger partial charge in [-0.05, 0) is 5.56 Å². The Morgan fingerprint density at radius 2 is 2.00 bits per heavy atom. The van der Waals surface area contributed by atoms with Crippen LogP contribution in [0, 0.1) is 12.3 Å². The van der Waals surface area contributed by atoms with Crippen molar-refractivity contribution in [2.24, 2.45) is 0 Å². The highest BCUT2D eigenvalue weighted by Crippen LogP contribution is 2.25. The van der Waals surface area contributed by atoms with Gasteiger partial charge in [0.25, 0.3) is 5.56 Å². The van der Waals surface area contributed by atoms with Crippen molar-refractivity contribution in [1.29, 1.82) is 0 Å². The molecular weight excluding hydrogens is 300 g/mol. The fraction of sp³-hybridized carbons (Fsp3) is 0.368. The molecule has 2 aromatic rings. The molecule has 3 heterocycles. The maximum atomic E-state index is 12.5. The summed E-state index contributed by atoms with van der Waals surface area (Å²) in [5, 5.41) is 0. The van der Waals surface area contributed by atoms with Crippen LogP contribution < -0.4 is 10.5 Å². The second-order valence-corrected chi connectivity index (χ2v) is 6.37. The third-order valence-electron chi connectivity index (χ3n) is 4.83. The predicted octanol–water partition coefficient (Wildman–Crippen LogP) is 1.25. The summed E-state index contributed by atoms with van der Waals surface area (Å²) in [4.78, 5) is 21.2. The molecule has 122 valence electrons. The molecule has 4 rings (SSSR count). The van der Waals surface area contributed by atoms with Crippen LogP contribution in [0.25, 0.3) is 0 Å². The zero-order valence-electron chi connectivity index (χ0n) is 13.6. The maximum absolute atomic E-state index is 12.5. The summed E-state index contributed by atoms with van der Waals surface area (Å²) in [5.74, 6) is 3.39. The Kier molecular flexibility index (Phi) is 3.83. The lowest BCUT2D eigenvalue weighted by atomic mass is 10.1. The van der Waals surface area contributed by atoms with Gasteiger partial charge in [0.05, 0.1) is 12.1 Å². The highest BCUT2D eigenvalue weighted by molar-refractivity contribution is 5.41. The Morgan fingerprint density at radius 3 is 2.79 bits per heavy atom. The van der Waals surface area contributed by atoms with Crippen LogP contribution in [-0.2, 0) is 26.1 Å². The molecule has 2 aliphatic heterocycles. The first kappa shape index (κ1) is 15.0. The van der Waals surface area contributed by atoms with Crippen LogP contribution >= 0.6 is 0 Å². The summed E-state index contributed by atoms with van der Waals surface area (Å²) in [6.45, 7) is 4.70. The lowest BCUT2D eigenvalue weighted by molar-refractivity contribution is 0.239. The summed E-state index contributed by atoms with van der Waals surface area (Å²) in [6, 6.07) is 10.4. The molecule has 0 atom stereocenters. The quantitative estimate of drug-likeness (QED) is 0.799. The molecule has 0 amide bonds. The van der Waals surface area contributed by atoms with Crippen molar-refractivity contribution in [3.05, 3.63) is 57.5 Å². The van der Waals surface area contributed by atoms with E-state index in [1.54, 1.807) is 0 Å². The van der Waals surface area contributed by atoms with Crippen LogP contribution in [0.2, 0.25) is 0 Å². The molecule has 0 unspecified atom stereocenters. The number of hydrogen-bond acceptors (Lipinski definition) is 4. The van der Waals surface area contributed by atoms with E-state index in [2.05, 4.69) is 44.6 Å². The second kappa shape index (κ2) is 6.14. The van der Waals surface area contributed by atoms with Crippen molar-refractivity contribution in [2.45, 2.75) is 26.1 Å². The van der Waals surface area contributed by atoms with Gasteiger partial charge in [0.1, 0.15) is 0 Å². The minimum absolute atomic E-state index is 0.0991. The molecule has 5 heteroatoms. The normalized spacial score (nSPS) is 16.5. The van der Waals surface area contributed by atoms with Crippen LogP contribution in [0.4, 0.5) is 5.95 Å². The maximum Gasteiger partial charge on any atom is 0.279 e. The first-order chi connectivity index (χ1) is 11.8. The number of fused-ring (bicyclic) bond motifs is 3. The number of nitrogens with zero attached hydrogens (tertiary/aromatic N) is 4. The molecular formula is C19H20N4O. The standard InChI is InChI=1S/C19H20N4O/c1-2-9-22-11-12-23-17-8-10-21(13-15-6-4-3-5-7-15)14-16(17)18(24)20-19(22)23/h1,3-7H,8-14H2. The SMILES string of the molecule is C#CCN1CCn2c1nc(=O)c1c2CCN(Cc2ccccc2)C1. The fourth-order valence-electron chi connectivity index (χ4n) is 3.67. The van der Waals surface area contributed by atoms with E-state index in [-0.39, 0.29) is 5.56 Å². The molecule has 0 spiro atoms. The molecule has 0 saturated carbocycles. The van der Waals surface area contributed by atoms with E-state index >= 15 is 0 Å². The Bertz CT molecular complexity index is 850. The van der Waals surface area contributed by atoms with Crippen molar-refractivity contribution in [3.63, 3.8) is 0 Å². The van der Waals surface area contributed by atoms with E-state index in [9.17, 15) is 4.79 Å². The van der Waals surface area contributed by atoms with Crippen LogP contribution in [-0.4, -0.2) is 34.1 Å². The lowest BCUT2D eigenvalue weighted by Crippen LogP contribution is -2.37. The highest BCUT2D eigenvalue weighted by atomic mass is 16.1. The van der Waals surface area contributed by atoms with Gasteiger partial charge in [0, 0.05) is 44.8 Å². The van der Waals surface area contributed by atoms with Gasteiger partial charge in [-0.25, -0.2) is 0 Å². The second-order valence-electron chi connectivity index (χ2n) is 6.37. The first-order valence-electron chi connectivity index (χ1n) is 8.33. The smallest absolute Gasteiger partial charge is 0.279 e. The van der Waals surface area contributed by atoms with Crippen molar-refractivity contribution in [1.82, 2.24) is 14.5 Å². The lowest BCUT2D eigenvalue weighted by Gasteiger charge is -2.29. The molecule has 0 saturated heterocycles. The van der Waals surface area contributed by atoms with Gasteiger partial charge in [-0.2, -0.15) is 4.98 Å². The minimum Gasteiger partial charge on any atom is -0.329 e. The number of anilines is 1. The summed E-state index contributed by atoms with van der Waals surface area (Å²) < 4.78 is 2.19. The molecule has 1 aromatic carbocycles. The van der Waals surface area contributed by atoms with Gasteiger partial charge in [0.2, 0.25) is 5.95 Å². The zero-order valence-corrected chi connectivity index (χ0v) is 13.6. The average Bonchev–Trinajstić information content (AvgIpc) is 2.99. The molecule has 0 radical (unpaired) electrons. The zero-order chi connectivity index (χ0) is 16.5. The Labute approximate surface area is 141 Å². The van der Waals surface area contributed by atoms with Gasteiger partial charge in [-0.15, -0.1) is 6.42 Å². The van der Waals surface area contributed by atoms with E-state index in [0.717, 1.165) is 49.8 Å². The summed E-state index contributed by atoms with van der Waals surface area (Å²) in [5.41, 5.74) is 3.17. The van der Waals surface area contributed by atoms with Crippen molar-refractivity contribution in [2.75, 3.05) is 24.5 Å².